The number of amides is 2. The van der Waals surface area contributed by atoms with Crippen LogP contribution in [-0.4, -0.2) is 76.8 Å². The Labute approximate surface area is 121 Å². The number of hydrogen-bond acceptors (Lipinski definition) is 8. The van der Waals surface area contributed by atoms with Crippen molar-refractivity contribution in [3.63, 3.8) is 0 Å². The normalized spacial score (nSPS) is 32.5. The summed E-state index contributed by atoms with van der Waals surface area (Å²) in [7, 11) is 0. The molecule has 1 heterocycles. The molecule has 1 aliphatic heterocycles. The molecular weight excluding hydrogens is 286 g/mol. The first-order valence-corrected chi connectivity index (χ1v) is 6.65. The monoisotopic (exact) mass is 307 g/mol. The zero-order chi connectivity index (χ0) is 16.0. The molecule has 0 spiro atoms. The van der Waals surface area contributed by atoms with E-state index in [0.29, 0.717) is 5.01 Å². The van der Waals surface area contributed by atoms with Crippen molar-refractivity contribution in [2.24, 2.45) is 5.29 Å². The number of nitrogens with one attached hydrogen (secondary N) is 1. The standard InChI is InChI=1S/C11H21N3O7/c1-3-14(13-19)11(18)12-7-9(17)8(16)6(5-15)21-10(7)20-4-2/h6-10,15-17H,3-5H2,1-2H3,(H,12,18)/t6-,7-,8-,9-,10-/m1/s1. The Kier molecular flexibility index (Phi) is 6.92. The Hall–Kier alpha value is -1.33. The number of rotatable bonds is 6. The summed E-state index contributed by atoms with van der Waals surface area (Å²) in [5.41, 5.74) is 0. The molecule has 0 saturated carbocycles. The average Bonchev–Trinajstić information content (AvgIpc) is 2.48. The van der Waals surface area contributed by atoms with E-state index in [2.05, 4.69) is 10.6 Å². The second-order valence-electron chi connectivity index (χ2n) is 4.43. The van der Waals surface area contributed by atoms with Crippen molar-refractivity contribution in [2.45, 2.75) is 44.5 Å². The fourth-order valence-corrected chi connectivity index (χ4v) is 2.00. The van der Waals surface area contributed by atoms with Crippen LogP contribution in [0, 0.1) is 4.91 Å². The van der Waals surface area contributed by atoms with Gasteiger partial charge in [0, 0.05) is 13.2 Å². The predicted octanol–water partition coefficient (Wildman–Crippen LogP) is -1.46. The molecule has 0 aromatic rings. The Morgan fingerprint density at radius 3 is 2.52 bits per heavy atom. The summed E-state index contributed by atoms with van der Waals surface area (Å²) in [5, 5.41) is 34.4. The van der Waals surface area contributed by atoms with E-state index in [1.807, 2.05) is 0 Å². The summed E-state index contributed by atoms with van der Waals surface area (Å²) in [6.45, 7) is 2.98. The molecule has 1 saturated heterocycles. The van der Waals surface area contributed by atoms with Gasteiger partial charge in [-0.1, -0.05) is 0 Å². The number of aliphatic hydroxyl groups is 3. The molecule has 0 bridgehead atoms. The number of nitroso groups, excluding NO2 is 1. The van der Waals surface area contributed by atoms with Gasteiger partial charge in [-0.05, 0) is 13.8 Å². The molecule has 0 aliphatic carbocycles. The molecule has 21 heavy (non-hydrogen) atoms. The van der Waals surface area contributed by atoms with Crippen LogP contribution in [-0.2, 0) is 9.47 Å². The first kappa shape index (κ1) is 17.7. The largest absolute Gasteiger partial charge is 0.394 e. The highest BCUT2D eigenvalue weighted by molar-refractivity contribution is 5.74. The third-order valence-electron chi connectivity index (χ3n) is 3.13. The maximum absolute atomic E-state index is 11.8. The van der Waals surface area contributed by atoms with Gasteiger partial charge in [-0.2, -0.15) is 5.01 Å². The average molecular weight is 307 g/mol. The van der Waals surface area contributed by atoms with Crippen molar-refractivity contribution >= 4 is 6.03 Å². The van der Waals surface area contributed by atoms with Gasteiger partial charge in [-0.25, -0.2) is 4.79 Å². The van der Waals surface area contributed by atoms with Crippen LogP contribution in [0.3, 0.4) is 0 Å². The molecule has 0 aromatic carbocycles. The van der Waals surface area contributed by atoms with Gasteiger partial charge in [0.15, 0.2) is 6.29 Å². The van der Waals surface area contributed by atoms with Crippen LogP contribution in [0.25, 0.3) is 0 Å². The lowest BCUT2D eigenvalue weighted by Gasteiger charge is -2.42. The summed E-state index contributed by atoms with van der Waals surface area (Å²) in [6.07, 6.45) is -4.94. The van der Waals surface area contributed by atoms with Crippen molar-refractivity contribution in [3.05, 3.63) is 4.91 Å². The van der Waals surface area contributed by atoms with Crippen LogP contribution in [0.5, 0.6) is 0 Å². The molecule has 10 heteroatoms. The molecule has 2 amide bonds. The highest BCUT2D eigenvalue weighted by Gasteiger charge is 2.45. The van der Waals surface area contributed by atoms with Crippen molar-refractivity contribution < 1.29 is 29.6 Å². The third-order valence-corrected chi connectivity index (χ3v) is 3.13. The minimum atomic E-state index is -1.43. The van der Waals surface area contributed by atoms with Gasteiger partial charge in [-0.3, -0.25) is 0 Å². The molecule has 0 aromatic heterocycles. The molecule has 10 nitrogen and oxygen atoms in total. The van der Waals surface area contributed by atoms with Crippen LogP contribution in [0.4, 0.5) is 4.79 Å². The zero-order valence-electron chi connectivity index (χ0n) is 11.9. The van der Waals surface area contributed by atoms with Gasteiger partial charge < -0.3 is 30.1 Å². The van der Waals surface area contributed by atoms with Crippen LogP contribution in [0.15, 0.2) is 5.29 Å². The van der Waals surface area contributed by atoms with Gasteiger partial charge in [0.2, 0.25) is 0 Å². The van der Waals surface area contributed by atoms with E-state index in [0.717, 1.165) is 0 Å². The first-order chi connectivity index (χ1) is 9.99. The fourth-order valence-electron chi connectivity index (χ4n) is 2.00. The van der Waals surface area contributed by atoms with Crippen LogP contribution in [0.2, 0.25) is 0 Å². The molecule has 5 atom stereocenters. The summed E-state index contributed by atoms with van der Waals surface area (Å²) in [6, 6.07) is -1.95. The zero-order valence-corrected chi connectivity index (χ0v) is 11.9. The lowest BCUT2D eigenvalue weighted by Crippen LogP contribution is -2.65. The van der Waals surface area contributed by atoms with Gasteiger partial charge in [0.05, 0.1) is 11.9 Å². The van der Waals surface area contributed by atoms with Gasteiger partial charge >= 0.3 is 6.03 Å². The van der Waals surface area contributed by atoms with Crippen LogP contribution >= 0.6 is 0 Å². The maximum Gasteiger partial charge on any atom is 0.340 e. The van der Waals surface area contributed by atoms with Crippen LogP contribution < -0.4 is 5.32 Å². The minimum Gasteiger partial charge on any atom is -0.394 e. The van der Waals surface area contributed by atoms with Crippen molar-refractivity contribution in [2.75, 3.05) is 19.8 Å². The predicted molar refractivity (Wildman–Crippen MR) is 69.9 cm³/mol. The number of urea groups is 1. The topological polar surface area (TPSA) is 141 Å². The Morgan fingerprint density at radius 2 is 2.05 bits per heavy atom. The van der Waals surface area contributed by atoms with Crippen molar-refractivity contribution in [1.29, 1.82) is 0 Å². The first-order valence-electron chi connectivity index (χ1n) is 6.65. The van der Waals surface area contributed by atoms with E-state index in [9.17, 15) is 19.9 Å². The maximum atomic E-state index is 11.8. The number of carbonyl (C=O) groups is 1. The lowest BCUT2D eigenvalue weighted by atomic mass is 9.97. The van der Waals surface area contributed by atoms with E-state index in [1.54, 1.807) is 13.8 Å². The molecule has 1 rings (SSSR count). The molecule has 122 valence electrons. The highest BCUT2D eigenvalue weighted by Crippen LogP contribution is 2.22. The van der Waals surface area contributed by atoms with E-state index in [1.165, 1.54) is 0 Å². The lowest BCUT2D eigenvalue weighted by molar-refractivity contribution is -0.268. The van der Waals surface area contributed by atoms with E-state index in [4.69, 9.17) is 14.6 Å². The summed E-state index contributed by atoms with van der Waals surface area (Å²) in [4.78, 5) is 22.3. The SMILES string of the molecule is CCO[C@@H]1O[C@H](CO)[C@@H](O)[C@H](O)[C@H]1NC(=O)N(CC)N=O. The van der Waals surface area contributed by atoms with Crippen molar-refractivity contribution in [3.8, 4) is 0 Å². The van der Waals surface area contributed by atoms with E-state index < -0.39 is 43.3 Å². The quantitative estimate of drug-likeness (QED) is 0.347. The van der Waals surface area contributed by atoms with Gasteiger partial charge in [-0.15, -0.1) is 4.91 Å². The van der Waals surface area contributed by atoms with E-state index in [-0.39, 0.29) is 13.2 Å². The number of hydrogen-bond donors (Lipinski definition) is 4. The molecule has 4 N–H and O–H groups in total. The minimum absolute atomic E-state index is 0.0418. The third kappa shape index (κ3) is 4.08. The van der Waals surface area contributed by atoms with Gasteiger partial charge in [0.1, 0.15) is 24.4 Å². The summed E-state index contributed by atoms with van der Waals surface area (Å²) < 4.78 is 10.5. The Balaban J connectivity index is 2.84. The fraction of sp³-hybridized carbons (Fsp3) is 0.909. The second-order valence-corrected chi connectivity index (χ2v) is 4.43. The Morgan fingerprint density at radius 1 is 1.38 bits per heavy atom. The number of ether oxygens (including phenoxy) is 2. The summed E-state index contributed by atoms with van der Waals surface area (Å²) >= 11 is 0. The number of carbonyl (C=O) groups excluding carboxylic acids is 1. The number of nitrogens with zero attached hydrogens (tertiary/aromatic N) is 2. The summed E-state index contributed by atoms with van der Waals surface area (Å²) in [5.74, 6) is 0. The van der Waals surface area contributed by atoms with Gasteiger partial charge in [0.25, 0.3) is 0 Å². The molecule has 0 radical (unpaired) electrons. The second kappa shape index (κ2) is 8.20. The molecule has 1 fully saturated rings. The molecule has 1 aliphatic rings. The van der Waals surface area contributed by atoms with Crippen LogP contribution in [0.1, 0.15) is 13.8 Å². The molecule has 0 unspecified atom stereocenters. The van der Waals surface area contributed by atoms with E-state index >= 15 is 0 Å². The number of aliphatic hydroxyl groups excluding tert-OH is 3. The van der Waals surface area contributed by atoms with Crippen molar-refractivity contribution in [1.82, 2.24) is 10.3 Å². The smallest absolute Gasteiger partial charge is 0.340 e. The Bertz CT molecular complexity index is 357. The highest BCUT2D eigenvalue weighted by atomic mass is 16.7. The molecular formula is C11H21N3O7.